The first-order chi connectivity index (χ1) is 5.00. The van der Waals surface area contributed by atoms with Gasteiger partial charge in [0.05, 0.1) is 6.61 Å². The van der Waals surface area contributed by atoms with Gasteiger partial charge >= 0.3 is 0 Å². The fraction of sp³-hybridized carbons (Fsp3) is 0.750. The average Bonchev–Trinajstić information content (AvgIpc) is 2.56. The number of hydrogen-bond acceptors (Lipinski definition) is 3. The van der Waals surface area contributed by atoms with Crippen LogP contribution >= 0.6 is 0 Å². The lowest BCUT2D eigenvalue weighted by Crippen LogP contribution is -2.34. The number of hydrogen-bond donors (Lipinski definition) is 2. The molecular weight excluding hydrogens is 144 g/mol. The maximum Gasteiger partial charge on any atom is 0.145 e. The summed E-state index contributed by atoms with van der Waals surface area (Å²) >= 11 is 0. The Hall–Kier alpha value is -0.560. The van der Waals surface area contributed by atoms with Crippen LogP contribution in [-0.4, -0.2) is 34.1 Å². The van der Waals surface area contributed by atoms with Gasteiger partial charge in [-0.2, -0.15) is 0 Å². The highest BCUT2D eigenvalue weighted by Gasteiger charge is 2.67. The molecule has 11 heavy (non-hydrogen) atoms. The largest absolute Gasteiger partial charge is 0.393 e. The van der Waals surface area contributed by atoms with Gasteiger partial charge in [0.1, 0.15) is 17.3 Å². The number of rotatable bonds is 2. The van der Waals surface area contributed by atoms with Crippen LogP contribution in [0.5, 0.6) is 0 Å². The molecule has 1 fully saturated rings. The van der Waals surface area contributed by atoms with Crippen LogP contribution in [0.25, 0.3) is 0 Å². The molecule has 3 unspecified atom stereocenters. The molecule has 0 saturated carbocycles. The van der Waals surface area contributed by atoms with Gasteiger partial charge in [-0.1, -0.05) is 5.92 Å². The summed E-state index contributed by atoms with van der Waals surface area (Å²) in [6.45, 7) is 3.28. The maximum atomic E-state index is 9.25. The Morgan fingerprint density at radius 1 is 1.64 bits per heavy atom. The molecule has 3 heteroatoms. The minimum atomic E-state index is -0.945. The molecule has 0 radical (unpaired) electrons. The molecule has 1 aliphatic heterocycles. The zero-order chi connectivity index (χ0) is 8.70. The van der Waals surface area contributed by atoms with Crippen molar-refractivity contribution >= 4 is 0 Å². The molecule has 1 heterocycles. The Balaban J connectivity index is 2.70. The Morgan fingerprint density at radius 2 is 2.18 bits per heavy atom. The highest BCUT2D eigenvalue weighted by atomic mass is 16.6. The number of aliphatic hydroxyl groups is 2. The van der Waals surface area contributed by atoms with Crippen LogP contribution in [0, 0.1) is 12.3 Å². The van der Waals surface area contributed by atoms with E-state index in [1.54, 1.807) is 13.8 Å². The molecule has 3 atom stereocenters. The Morgan fingerprint density at radius 3 is 2.45 bits per heavy atom. The smallest absolute Gasteiger partial charge is 0.145 e. The van der Waals surface area contributed by atoms with Gasteiger partial charge in [0.2, 0.25) is 0 Å². The Bertz CT molecular complexity index is 208. The van der Waals surface area contributed by atoms with Gasteiger partial charge in [-0.05, 0) is 13.8 Å². The lowest BCUT2D eigenvalue weighted by Gasteiger charge is -2.11. The van der Waals surface area contributed by atoms with Crippen molar-refractivity contribution in [1.82, 2.24) is 0 Å². The summed E-state index contributed by atoms with van der Waals surface area (Å²) in [7, 11) is 0. The van der Waals surface area contributed by atoms with Gasteiger partial charge in [0.25, 0.3) is 0 Å². The van der Waals surface area contributed by atoms with Gasteiger partial charge in [0.15, 0.2) is 0 Å². The minimum absolute atomic E-state index is 0.123. The van der Waals surface area contributed by atoms with Crippen LogP contribution in [-0.2, 0) is 4.74 Å². The first kappa shape index (κ1) is 8.54. The monoisotopic (exact) mass is 156 g/mol. The van der Waals surface area contributed by atoms with Crippen LogP contribution in [0.1, 0.15) is 13.8 Å². The van der Waals surface area contributed by atoms with E-state index in [-0.39, 0.29) is 6.61 Å². The van der Waals surface area contributed by atoms with Gasteiger partial charge < -0.3 is 14.9 Å². The quantitative estimate of drug-likeness (QED) is 0.419. The molecular formula is C8H12O3. The molecule has 3 nitrogen and oxygen atoms in total. The summed E-state index contributed by atoms with van der Waals surface area (Å²) < 4.78 is 5.15. The van der Waals surface area contributed by atoms with Crippen LogP contribution in [0.4, 0.5) is 0 Å². The normalized spacial score (nSPS) is 44.6. The lowest BCUT2D eigenvalue weighted by molar-refractivity contribution is 0.130. The van der Waals surface area contributed by atoms with Crippen molar-refractivity contribution in [2.75, 3.05) is 6.61 Å². The summed E-state index contributed by atoms with van der Waals surface area (Å²) in [6, 6.07) is 0. The minimum Gasteiger partial charge on any atom is -0.393 e. The molecule has 0 spiro atoms. The van der Waals surface area contributed by atoms with Crippen molar-refractivity contribution in [3.8, 4) is 12.3 Å². The summed E-state index contributed by atoms with van der Waals surface area (Å²) in [4.78, 5) is 0. The van der Waals surface area contributed by atoms with Crippen molar-refractivity contribution in [1.29, 1.82) is 0 Å². The summed E-state index contributed by atoms with van der Waals surface area (Å²) in [5.41, 5.74) is -1.44. The van der Waals surface area contributed by atoms with Crippen molar-refractivity contribution in [2.45, 2.75) is 31.2 Å². The molecule has 0 aromatic carbocycles. The van der Waals surface area contributed by atoms with Crippen LogP contribution in [0.3, 0.4) is 0 Å². The molecule has 0 aliphatic carbocycles. The van der Waals surface area contributed by atoms with Crippen LogP contribution < -0.4 is 0 Å². The third-order valence-corrected chi connectivity index (χ3v) is 2.43. The van der Waals surface area contributed by atoms with Gasteiger partial charge in [0, 0.05) is 0 Å². The zero-order valence-electron chi connectivity index (χ0n) is 6.66. The van der Waals surface area contributed by atoms with E-state index in [2.05, 4.69) is 5.92 Å². The van der Waals surface area contributed by atoms with Crippen LogP contribution in [0.2, 0.25) is 0 Å². The van der Waals surface area contributed by atoms with E-state index < -0.39 is 17.3 Å². The number of terminal acetylenes is 1. The van der Waals surface area contributed by atoms with Gasteiger partial charge in [-0.25, -0.2) is 0 Å². The fourth-order valence-corrected chi connectivity index (χ4v) is 1.14. The Labute approximate surface area is 66.0 Å². The van der Waals surface area contributed by atoms with E-state index in [1.165, 1.54) is 0 Å². The number of epoxide rings is 1. The first-order valence-electron chi connectivity index (χ1n) is 3.45. The molecule has 0 aromatic heterocycles. The molecule has 0 aromatic rings. The second-order valence-corrected chi connectivity index (χ2v) is 3.17. The fourth-order valence-electron chi connectivity index (χ4n) is 1.14. The Kier molecular flexibility index (Phi) is 1.72. The molecule has 1 saturated heterocycles. The van der Waals surface area contributed by atoms with E-state index >= 15 is 0 Å². The molecule has 62 valence electrons. The van der Waals surface area contributed by atoms with Crippen molar-refractivity contribution < 1.29 is 14.9 Å². The molecule has 0 amide bonds. The van der Waals surface area contributed by atoms with E-state index in [0.717, 1.165) is 0 Å². The third-order valence-electron chi connectivity index (χ3n) is 2.43. The maximum absolute atomic E-state index is 9.25. The van der Waals surface area contributed by atoms with Gasteiger partial charge in [-0.3, -0.25) is 0 Å². The predicted octanol–water partition coefficient (Wildman–Crippen LogP) is -0.480. The second-order valence-electron chi connectivity index (χ2n) is 3.17. The molecule has 0 bridgehead atoms. The van der Waals surface area contributed by atoms with Gasteiger partial charge in [-0.15, -0.1) is 6.42 Å². The van der Waals surface area contributed by atoms with Crippen molar-refractivity contribution in [3.63, 3.8) is 0 Å². The molecule has 2 N–H and O–H groups in total. The highest BCUT2D eigenvalue weighted by Crippen LogP contribution is 2.49. The zero-order valence-corrected chi connectivity index (χ0v) is 6.66. The van der Waals surface area contributed by atoms with E-state index in [1.807, 2.05) is 0 Å². The number of aliphatic hydroxyl groups excluding tert-OH is 2. The topological polar surface area (TPSA) is 53.0 Å². The predicted molar refractivity (Wildman–Crippen MR) is 39.8 cm³/mol. The molecule has 1 rings (SSSR count). The highest BCUT2D eigenvalue weighted by molar-refractivity contribution is 5.21. The number of ether oxygens (including phenoxy) is 1. The second kappa shape index (κ2) is 2.21. The summed E-state index contributed by atoms with van der Waals surface area (Å²) in [5.74, 6) is 2.18. The van der Waals surface area contributed by atoms with E-state index in [9.17, 15) is 5.11 Å². The van der Waals surface area contributed by atoms with Crippen molar-refractivity contribution in [2.24, 2.45) is 0 Å². The summed E-state index contributed by atoms with van der Waals surface area (Å²) in [6.07, 6.45) is 4.07. The van der Waals surface area contributed by atoms with Crippen molar-refractivity contribution in [3.05, 3.63) is 0 Å². The lowest BCUT2D eigenvalue weighted by atomic mass is 9.92. The standard InChI is InChI=1S/C8H12O3/c1-4-6(10)8(3)7(2,5-9)11-8/h1,6,9-10H,5H2,2-3H3. The molecule has 1 aliphatic rings. The van der Waals surface area contributed by atoms with E-state index in [4.69, 9.17) is 16.3 Å². The third kappa shape index (κ3) is 0.951. The average molecular weight is 156 g/mol. The van der Waals surface area contributed by atoms with E-state index in [0.29, 0.717) is 0 Å². The van der Waals surface area contributed by atoms with Crippen LogP contribution in [0.15, 0.2) is 0 Å². The SMILES string of the molecule is C#CC(O)C1(C)OC1(C)CO. The summed E-state index contributed by atoms with van der Waals surface area (Å²) in [5, 5.41) is 18.1. The first-order valence-corrected chi connectivity index (χ1v) is 3.45.